The third-order valence-electron chi connectivity index (χ3n) is 6.31. The molecule has 1 N–H and O–H groups in total. The van der Waals surface area contributed by atoms with Gasteiger partial charge in [0.1, 0.15) is 17.9 Å². The number of nitrogens with zero attached hydrogens (tertiary/aromatic N) is 1. The summed E-state index contributed by atoms with van der Waals surface area (Å²) in [5.74, 6) is -0.343. The Bertz CT molecular complexity index is 1180. The van der Waals surface area contributed by atoms with Crippen molar-refractivity contribution < 1.29 is 19.4 Å². The summed E-state index contributed by atoms with van der Waals surface area (Å²) in [5, 5.41) is 10.0. The molecule has 4 rings (SSSR count). The summed E-state index contributed by atoms with van der Waals surface area (Å²) in [6.45, 7) is 2.21. The molecule has 5 nitrogen and oxygen atoms in total. The second-order valence-corrected chi connectivity index (χ2v) is 9.89. The van der Waals surface area contributed by atoms with Gasteiger partial charge in [-0.2, -0.15) is 0 Å². The van der Waals surface area contributed by atoms with Crippen LogP contribution in [0.4, 0.5) is 0 Å². The van der Waals surface area contributed by atoms with E-state index in [1.165, 1.54) is 10.5 Å². The highest BCUT2D eigenvalue weighted by atomic mass is 35.5. The maximum atomic E-state index is 13.0. The molecule has 1 atom stereocenters. The van der Waals surface area contributed by atoms with E-state index in [-0.39, 0.29) is 24.5 Å². The van der Waals surface area contributed by atoms with Crippen LogP contribution in [0.25, 0.3) is 0 Å². The molecule has 0 spiro atoms. The van der Waals surface area contributed by atoms with E-state index in [2.05, 4.69) is 6.92 Å². The van der Waals surface area contributed by atoms with Gasteiger partial charge in [0.25, 0.3) is 0 Å². The number of hydrogen-bond acceptors (Lipinski definition) is 3. The Labute approximate surface area is 211 Å². The summed E-state index contributed by atoms with van der Waals surface area (Å²) in [6.07, 6.45) is 3.17. The number of carbonyl (C=O) groups is 2. The number of halogens is 1. The van der Waals surface area contributed by atoms with Crippen LogP contribution >= 0.6 is 11.6 Å². The lowest BCUT2D eigenvalue weighted by Gasteiger charge is -2.24. The number of hydrogen-bond donors (Lipinski definition) is 1. The monoisotopic (exact) mass is 491 g/mol. The molecule has 182 valence electrons. The van der Waals surface area contributed by atoms with Crippen molar-refractivity contribution in [1.29, 1.82) is 0 Å². The number of carbonyl (C=O) groups excluding carboxylic acids is 1. The van der Waals surface area contributed by atoms with Gasteiger partial charge in [0.05, 0.1) is 6.42 Å². The van der Waals surface area contributed by atoms with E-state index < -0.39 is 5.97 Å². The lowest BCUT2D eigenvalue weighted by atomic mass is 9.91. The van der Waals surface area contributed by atoms with Crippen LogP contribution < -0.4 is 4.74 Å². The fraction of sp³-hybridized carbons (Fsp3) is 0.310. The summed E-state index contributed by atoms with van der Waals surface area (Å²) in [6, 6.07) is 23.6. The van der Waals surface area contributed by atoms with Gasteiger partial charge in [-0.3, -0.25) is 9.59 Å². The van der Waals surface area contributed by atoms with Gasteiger partial charge < -0.3 is 14.7 Å². The number of aryl methyl sites for hydroxylation is 1. The predicted molar refractivity (Wildman–Crippen MR) is 137 cm³/mol. The van der Waals surface area contributed by atoms with E-state index in [0.717, 1.165) is 41.7 Å². The summed E-state index contributed by atoms with van der Waals surface area (Å²) < 4.78 is 6.28. The second kappa shape index (κ2) is 11.0. The number of carboxylic acids is 1. The SMILES string of the molecule is C[C@@]1(Cc2ccc(Cl)cc2)Cc2cc(CC(=O)N(CCCc3ccccc3)CC(=O)O)ccc2O1. The maximum absolute atomic E-state index is 13.0. The first-order chi connectivity index (χ1) is 16.8. The molecular weight excluding hydrogens is 462 g/mol. The van der Waals surface area contributed by atoms with Crippen LogP contribution in [0.1, 0.15) is 35.6 Å². The van der Waals surface area contributed by atoms with Crippen molar-refractivity contribution in [2.24, 2.45) is 0 Å². The van der Waals surface area contributed by atoms with E-state index in [1.54, 1.807) is 0 Å². The topological polar surface area (TPSA) is 66.8 Å². The van der Waals surface area contributed by atoms with Gasteiger partial charge in [-0.15, -0.1) is 0 Å². The highest BCUT2D eigenvalue weighted by Gasteiger charge is 2.35. The zero-order valence-electron chi connectivity index (χ0n) is 19.9. The van der Waals surface area contributed by atoms with Crippen LogP contribution in [0.2, 0.25) is 5.02 Å². The van der Waals surface area contributed by atoms with Crippen molar-refractivity contribution in [3.05, 3.63) is 100 Å². The van der Waals surface area contributed by atoms with Crippen LogP contribution in [0.5, 0.6) is 5.75 Å². The number of benzene rings is 3. The Kier molecular flexibility index (Phi) is 7.76. The fourth-order valence-electron chi connectivity index (χ4n) is 4.68. The van der Waals surface area contributed by atoms with Crippen molar-refractivity contribution in [3.63, 3.8) is 0 Å². The van der Waals surface area contributed by atoms with Gasteiger partial charge >= 0.3 is 5.97 Å². The number of ether oxygens (including phenoxy) is 1. The van der Waals surface area contributed by atoms with E-state index in [9.17, 15) is 14.7 Å². The summed E-state index contributed by atoms with van der Waals surface area (Å²) in [4.78, 5) is 25.8. The normalized spacial score (nSPS) is 16.4. The first kappa shape index (κ1) is 24.8. The molecule has 0 unspecified atom stereocenters. The molecule has 0 aromatic heterocycles. The molecule has 0 fully saturated rings. The molecule has 0 saturated heterocycles. The molecule has 0 aliphatic carbocycles. The zero-order valence-corrected chi connectivity index (χ0v) is 20.6. The lowest BCUT2D eigenvalue weighted by molar-refractivity contribution is -0.144. The van der Waals surface area contributed by atoms with E-state index >= 15 is 0 Å². The summed E-state index contributed by atoms with van der Waals surface area (Å²) >= 11 is 6.01. The molecule has 0 saturated carbocycles. The Morgan fingerprint density at radius 3 is 2.43 bits per heavy atom. The van der Waals surface area contributed by atoms with Gasteiger partial charge in [-0.05, 0) is 60.2 Å². The molecule has 35 heavy (non-hydrogen) atoms. The van der Waals surface area contributed by atoms with Gasteiger partial charge in [0.2, 0.25) is 5.91 Å². The van der Waals surface area contributed by atoms with Crippen molar-refractivity contribution in [2.45, 2.75) is 44.6 Å². The third kappa shape index (κ3) is 6.86. The van der Waals surface area contributed by atoms with Gasteiger partial charge in [0.15, 0.2) is 0 Å². The standard InChI is InChI=1S/C29H30ClNO4/c1-29(18-22-9-12-25(30)13-10-22)19-24-16-23(11-14-26(24)35-29)17-27(32)31(20-28(33)34)15-5-8-21-6-3-2-4-7-21/h2-4,6-7,9-14,16H,5,8,15,17-20H2,1H3,(H,33,34)/t29-/m1/s1. The molecule has 0 radical (unpaired) electrons. The Balaban J connectivity index is 1.37. The molecule has 1 aliphatic rings. The minimum atomic E-state index is -1.00. The molecule has 6 heteroatoms. The van der Waals surface area contributed by atoms with Crippen LogP contribution in [-0.4, -0.2) is 40.6 Å². The van der Waals surface area contributed by atoms with E-state index in [4.69, 9.17) is 16.3 Å². The highest BCUT2D eigenvalue weighted by Crippen LogP contribution is 2.37. The van der Waals surface area contributed by atoms with Gasteiger partial charge in [-0.25, -0.2) is 0 Å². The number of carboxylic acid groups (broad SMARTS) is 1. The van der Waals surface area contributed by atoms with Crippen LogP contribution in [0.15, 0.2) is 72.8 Å². The third-order valence-corrected chi connectivity index (χ3v) is 6.56. The molecule has 0 bridgehead atoms. The van der Waals surface area contributed by atoms with Gasteiger partial charge in [0, 0.05) is 24.4 Å². The molecule has 1 heterocycles. The molecule has 1 amide bonds. The quantitative estimate of drug-likeness (QED) is 0.414. The Morgan fingerprint density at radius 2 is 1.71 bits per heavy atom. The summed E-state index contributed by atoms with van der Waals surface area (Å²) in [7, 11) is 0. The average Bonchev–Trinajstić information content (AvgIpc) is 3.15. The van der Waals surface area contributed by atoms with E-state index in [1.807, 2.05) is 72.8 Å². The van der Waals surface area contributed by atoms with Crippen LogP contribution in [-0.2, 0) is 35.3 Å². The first-order valence-electron chi connectivity index (χ1n) is 11.9. The predicted octanol–water partition coefficient (Wildman–Crippen LogP) is 5.36. The van der Waals surface area contributed by atoms with Crippen LogP contribution in [0, 0.1) is 0 Å². The van der Waals surface area contributed by atoms with Crippen molar-refractivity contribution in [3.8, 4) is 5.75 Å². The molecule has 3 aromatic rings. The average molecular weight is 492 g/mol. The number of rotatable bonds is 10. The first-order valence-corrected chi connectivity index (χ1v) is 12.3. The molecule has 3 aromatic carbocycles. The largest absolute Gasteiger partial charge is 0.487 e. The molecular formula is C29H30ClNO4. The number of fused-ring (bicyclic) bond motifs is 1. The smallest absolute Gasteiger partial charge is 0.323 e. The van der Waals surface area contributed by atoms with Crippen molar-refractivity contribution in [2.75, 3.05) is 13.1 Å². The minimum Gasteiger partial charge on any atom is -0.487 e. The van der Waals surface area contributed by atoms with Crippen molar-refractivity contribution in [1.82, 2.24) is 4.90 Å². The fourth-order valence-corrected chi connectivity index (χ4v) is 4.80. The second-order valence-electron chi connectivity index (χ2n) is 9.45. The lowest BCUT2D eigenvalue weighted by Crippen LogP contribution is -2.37. The zero-order chi connectivity index (χ0) is 24.8. The Morgan fingerprint density at radius 1 is 1.00 bits per heavy atom. The minimum absolute atomic E-state index is 0.166. The van der Waals surface area contributed by atoms with Gasteiger partial charge in [-0.1, -0.05) is 66.2 Å². The molecule has 1 aliphatic heterocycles. The maximum Gasteiger partial charge on any atom is 0.323 e. The summed E-state index contributed by atoms with van der Waals surface area (Å²) in [5.41, 5.74) is 3.90. The number of amides is 1. The number of aliphatic carboxylic acids is 1. The highest BCUT2D eigenvalue weighted by molar-refractivity contribution is 6.30. The van der Waals surface area contributed by atoms with E-state index in [0.29, 0.717) is 18.0 Å². The Hall–Kier alpha value is -3.31. The van der Waals surface area contributed by atoms with Crippen LogP contribution in [0.3, 0.4) is 0 Å². The van der Waals surface area contributed by atoms with Crippen molar-refractivity contribution >= 4 is 23.5 Å².